The van der Waals surface area contributed by atoms with Crippen LogP contribution in [0.4, 0.5) is 0 Å². The van der Waals surface area contributed by atoms with E-state index in [4.69, 9.17) is 4.74 Å². The second kappa shape index (κ2) is 5.69. The lowest BCUT2D eigenvalue weighted by molar-refractivity contribution is 0.373. The Balaban J connectivity index is 2.19. The van der Waals surface area contributed by atoms with Crippen molar-refractivity contribution in [3.8, 4) is 11.5 Å². The third-order valence-corrected chi connectivity index (χ3v) is 3.68. The fourth-order valence-corrected chi connectivity index (χ4v) is 2.33. The van der Waals surface area contributed by atoms with Gasteiger partial charge in [-0.2, -0.15) is 0 Å². The van der Waals surface area contributed by atoms with Gasteiger partial charge in [0.05, 0.1) is 13.2 Å². The van der Waals surface area contributed by atoms with E-state index in [0.717, 1.165) is 0 Å². The molecule has 0 unspecified atom stereocenters. The molecule has 2 rings (SSSR count). The highest BCUT2D eigenvalue weighted by molar-refractivity contribution is 7.10. The number of ether oxygens (including phenoxy) is 1. The number of hydrogen-bond donors (Lipinski definition) is 1. The maximum Gasteiger partial charge on any atom is 0.166 e. The molecule has 0 radical (unpaired) electrons. The van der Waals surface area contributed by atoms with Gasteiger partial charge in [-0.1, -0.05) is 12.1 Å². The van der Waals surface area contributed by atoms with Crippen LogP contribution in [-0.4, -0.2) is 18.4 Å². The second-order valence-corrected chi connectivity index (χ2v) is 4.85. The molecule has 1 aromatic heterocycles. The number of thiophene rings is 1. The first-order valence-electron chi connectivity index (χ1n) is 5.65. The normalized spacial score (nSPS) is 12.8. The third-order valence-electron chi connectivity index (χ3n) is 2.64. The summed E-state index contributed by atoms with van der Waals surface area (Å²) < 4.78 is 5.06. The number of hydrogen-bond acceptors (Lipinski definition) is 4. The summed E-state index contributed by atoms with van der Waals surface area (Å²) in [6, 6.07) is 9.51. The van der Waals surface area contributed by atoms with E-state index in [9.17, 15) is 5.11 Å². The van der Waals surface area contributed by atoms with Crippen molar-refractivity contribution in [3.05, 3.63) is 46.2 Å². The third kappa shape index (κ3) is 2.71. The molecule has 0 bridgehead atoms. The van der Waals surface area contributed by atoms with E-state index < -0.39 is 0 Å². The highest BCUT2D eigenvalue weighted by Crippen LogP contribution is 2.29. The quantitative estimate of drug-likeness (QED) is 0.854. The van der Waals surface area contributed by atoms with Gasteiger partial charge in [-0.3, -0.25) is 4.99 Å². The van der Waals surface area contributed by atoms with Gasteiger partial charge in [0.2, 0.25) is 0 Å². The average molecular weight is 261 g/mol. The van der Waals surface area contributed by atoms with Crippen molar-refractivity contribution in [3.63, 3.8) is 0 Å². The van der Waals surface area contributed by atoms with E-state index >= 15 is 0 Å². The summed E-state index contributed by atoms with van der Waals surface area (Å²) in [7, 11) is 1.53. The van der Waals surface area contributed by atoms with E-state index in [0.29, 0.717) is 11.3 Å². The number of benzene rings is 1. The molecular weight excluding hydrogens is 246 g/mol. The Morgan fingerprint density at radius 1 is 1.33 bits per heavy atom. The second-order valence-electron chi connectivity index (χ2n) is 3.87. The zero-order valence-electron chi connectivity index (χ0n) is 10.3. The van der Waals surface area contributed by atoms with Crippen molar-refractivity contribution in [2.75, 3.05) is 7.11 Å². The van der Waals surface area contributed by atoms with Gasteiger partial charge in [-0.15, -0.1) is 11.3 Å². The summed E-state index contributed by atoms with van der Waals surface area (Å²) in [4.78, 5) is 5.65. The molecule has 3 nitrogen and oxygen atoms in total. The summed E-state index contributed by atoms with van der Waals surface area (Å²) >= 11 is 1.68. The largest absolute Gasteiger partial charge is 0.504 e. The van der Waals surface area contributed by atoms with Gasteiger partial charge in [-0.05, 0) is 30.5 Å². The van der Waals surface area contributed by atoms with Crippen molar-refractivity contribution in [2.24, 2.45) is 4.99 Å². The predicted octanol–water partition coefficient (Wildman–Crippen LogP) is 3.64. The number of aliphatic imine (C=N–C) groups is 1. The lowest BCUT2D eigenvalue weighted by Gasteiger charge is -2.06. The van der Waals surface area contributed by atoms with Crippen LogP contribution >= 0.6 is 11.3 Å². The van der Waals surface area contributed by atoms with Gasteiger partial charge in [0.1, 0.15) is 0 Å². The van der Waals surface area contributed by atoms with Crippen LogP contribution in [0.2, 0.25) is 0 Å². The molecule has 0 aliphatic heterocycles. The Hall–Kier alpha value is -1.81. The fourth-order valence-electron chi connectivity index (χ4n) is 1.60. The van der Waals surface area contributed by atoms with Crippen LogP contribution in [0.1, 0.15) is 23.4 Å². The molecule has 1 heterocycles. The van der Waals surface area contributed by atoms with Gasteiger partial charge >= 0.3 is 0 Å². The predicted molar refractivity (Wildman–Crippen MR) is 75.0 cm³/mol. The number of phenolic OH excluding ortho intramolecular Hbond substituents is 1. The van der Waals surface area contributed by atoms with Crippen molar-refractivity contribution in [1.82, 2.24) is 0 Å². The van der Waals surface area contributed by atoms with Crippen molar-refractivity contribution in [1.29, 1.82) is 0 Å². The molecule has 2 aromatic rings. The molecule has 0 fully saturated rings. The molecule has 18 heavy (non-hydrogen) atoms. The Bertz CT molecular complexity index is 535. The van der Waals surface area contributed by atoms with Crippen molar-refractivity contribution in [2.45, 2.75) is 13.0 Å². The highest BCUT2D eigenvalue weighted by atomic mass is 32.1. The summed E-state index contributed by atoms with van der Waals surface area (Å²) in [6.45, 7) is 2.03. The van der Waals surface area contributed by atoms with E-state index in [-0.39, 0.29) is 11.8 Å². The van der Waals surface area contributed by atoms with Crippen LogP contribution in [-0.2, 0) is 0 Å². The fraction of sp³-hybridized carbons (Fsp3) is 0.214. The first-order chi connectivity index (χ1) is 8.72. The SMILES string of the molecule is COc1cccc(C=N[C@@H](C)c2cccs2)c1O. The molecule has 0 saturated heterocycles. The van der Waals surface area contributed by atoms with Crippen LogP contribution in [0.5, 0.6) is 11.5 Å². The minimum Gasteiger partial charge on any atom is -0.504 e. The van der Waals surface area contributed by atoms with Gasteiger partial charge in [0, 0.05) is 16.7 Å². The minimum atomic E-state index is 0.0931. The summed E-state index contributed by atoms with van der Waals surface area (Å²) in [5.74, 6) is 0.588. The van der Waals surface area contributed by atoms with E-state index in [2.05, 4.69) is 11.1 Å². The Labute approximate surface area is 110 Å². The molecule has 1 atom stereocenters. The highest BCUT2D eigenvalue weighted by Gasteiger charge is 2.06. The van der Waals surface area contributed by atoms with Crippen LogP contribution < -0.4 is 4.74 Å². The lowest BCUT2D eigenvalue weighted by Crippen LogP contribution is -1.91. The van der Waals surface area contributed by atoms with Gasteiger partial charge in [-0.25, -0.2) is 0 Å². The number of para-hydroxylation sites is 1. The molecule has 0 amide bonds. The van der Waals surface area contributed by atoms with E-state index in [1.807, 2.05) is 30.5 Å². The van der Waals surface area contributed by atoms with Crippen LogP contribution in [0.25, 0.3) is 0 Å². The van der Waals surface area contributed by atoms with Crippen LogP contribution in [0, 0.1) is 0 Å². The first-order valence-corrected chi connectivity index (χ1v) is 6.53. The van der Waals surface area contributed by atoms with E-state index in [1.54, 1.807) is 23.6 Å². The Kier molecular flexibility index (Phi) is 3.99. The van der Waals surface area contributed by atoms with Crippen LogP contribution in [0.3, 0.4) is 0 Å². The monoisotopic (exact) mass is 261 g/mol. The number of methoxy groups -OCH3 is 1. The smallest absolute Gasteiger partial charge is 0.166 e. The summed E-state index contributed by atoms with van der Waals surface area (Å²) in [5, 5.41) is 12.0. The molecule has 4 heteroatoms. The topological polar surface area (TPSA) is 41.8 Å². The zero-order chi connectivity index (χ0) is 13.0. The van der Waals surface area contributed by atoms with Crippen molar-refractivity contribution >= 4 is 17.6 Å². The maximum absolute atomic E-state index is 9.92. The number of phenols is 1. The number of nitrogens with zero attached hydrogens (tertiary/aromatic N) is 1. The summed E-state index contributed by atoms with van der Waals surface area (Å²) in [5.41, 5.74) is 0.665. The molecule has 94 valence electrons. The van der Waals surface area contributed by atoms with Crippen LogP contribution in [0.15, 0.2) is 40.7 Å². The molecule has 1 N–H and O–H groups in total. The number of rotatable bonds is 4. The van der Waals surface area contributed by atoms with E-state index in [1.165, 1.54) is 12.0 Å². The first kappa shape index (κ1) is 12.6. The zero-order valence-corrected chi connectivity index (χ0v) is 11.1. The molecule has 0 spiro atoms. The molecule has 0 saturated carbocycles. The molecule has 0 aliphatic rings. The van der Waals surface area contributed by atoms with Gasteiger partial charge < -0.3 is 9.84 Å². The molecule has 0 aliphatic carbocycles. The Morgan fingerprint density at radius 2 is 2.17 bits per heavy atom. The van der Waals surface area contributed by atoms with Crippen molar-refractivity contribution < 1.29 is 9.84 Å². The Morgan fingerprint density at radius 3 is 2.83 bits per heavy atom. The van der Waals surface area contributed by atoms with Gasteiger partial charge in [0.25, 0.3) is 0 Å². The molecular formula is C14H15NO2S. The number of aromatic hydroxyl groups is 1. The molecule has 1 aromatic carbocycles. The summed E-state index contributed by atoms with van der Waals surface area (Å²) in [6.07, 6.45) is 1.68. The van der Waals surface area contributed by atoms with Gasteiger partial charge in [0.15, 0.2) is 11.5 Å². The average Bonchev–Trinajstić information content (AvgIpc) is 2.91. The standard InChI is InChI=1S/C14H15NO2S/c1-10(13-7-4-8-18-13)15-9-11-5-3-6-12(17-2)14(11)16/h3-10,16H,1-2H3/t10-/m0/s1. The maximum atomic E-state index is 9.92. The lowest BCUT2D eigenvalue weighted by atomic mass is 10.2. The minimum absolute atomic E-state index is 0.0931.